The van der Waals surface area contributed by atoms with Gasteiger partial charge in [0, 0.05) is 0 Å². The van der Waals surface area contributed by atoms with Crippen molar-refractivity contribution in [2.24, 2.45) is 17.6 Å². The van der Waals surface area contributed by atoms with E-state index in [1.165, 1.54) is 0 Å². The second-order valence-electron chi connectivity index (χ2n) is 5.54. The predicted octanol–water partition coefficient (Wildman–Crippen LogP) is -1.30. The van der Waals surface area contributed by atoms with Gasteiger partial charge in [0.15, 0.2) is 5.97 Å². The van der Waals surface area contributed by atoms with Gasteiger partial charge in [-0.3, -0.25) is 11.1 Å². The summed E-state index contributed by atoms with van der Waals surface area (Å²) in [5, 5.41) is 0. The molecule has 0 spiro atoms. The summed E-state index contributed by atoms with van der Waals surface area (Å²) in [5.41, 5.74) is 5.39. The molecule has 0 aromatic carbocycles. The minimum Gasteiger partial charge on any atom is -0.541 e. The predicted molar refractivity (Wildman–Crippen MR) is 71.7 cm³/mol. The average molecular weight is 302 g/mol. The molecule has 1 saturated heterocycles. The van der Waals surface area contributed by atoms with E-state index in [-0.39, 0.29) is 69.3 Å². The van der Waals surface area contributed by atoms with Crippen molar-refractivity contribution in [2.75, 3.05) is 0 Å². The molecule has 0 saturated carbocycles. The topological polar surface area (TPSA) is 69.4 Å². The van der Waals surface area contributed by atoms with Crippen LogP contribution in [0.25, 0.3) is 0 Å². The van der Waals surface area contributed by atoms with Gasteiger partial charge in [0.05, 0.1) is 0 Å². The van der Waals surface area contributed by atoms with Crippen LogP contribution in [-0.2, 0) is 14.3 Å². The number of carbonyl (C=O) groups is 1. The molecule has 20 heavy (non-hydrogen) atoms. The van der Waals surface area contributed by atoms with Crippen LogP contribution >= 0.6 is 0 Å². The second kappa shape index (κ2) is 7.56. The monoisotopic (exact) mass is 302 g/mol. The Hall–Kier alpha value is 0.346. The Bertz CT molecular complexity index is 399. The molecule has 1 heterocycles. The van der Waals surface area contributed by atoms with Crippen molar-refractivity contribution in [3.8, 4) is 0 Å². The summed E-state index contributed by atoms with van der Waals surface area (Å²) >= 11 is 0. The van der Waals surface area contributed by atoms with E-state index in [1.54, 1.807) is 6.92 Å². The van der Waals surface area contributed by atoms with Gasteiger partial charge >= 0.3 is 51.4 Å². The maximum atomic E-state index is 11.8. The number of hydrogen-bond acceptors (Lipinski definition) is 4. The van der Waals surface area contributed by atoms with Gasteiger partial charge in [0.1, 0.15) is 0 Å². The summed E-state index contributed by atoms with van der Waals surface area (Å²) in [6.45, 7) is 3.66. The summed E-state index contributed by atoms with van der Waals surface area (Å²) in [6.07, 6.45) is 9.90. The van der Waals surface area contributed by atoms with Gasteiger partial charge in [-0.25, -0.2) is 5.92 Å². The quantitative estimate of drug-likeness (QED) is 0.297. The maximum absolute atomic E-state index is 11.8. The van der Waals surface area contributed by atoms with Crippen molar-refractivity contribution in [3.63, 3.8) is 0 Å². The van der Waals surface area contributed by atoms with Crippen molar-refractivity contribution in [1.29, 1.82) is 0 Å². The minimum absolute atomic E-state index is 0. The molecule has 1 aliphatic carbocycles. The van der Waals surface area contributed by atoms with Crippen LogP contribution in [0.15, 0.2) is 12.2 Å². The molecular formula is C15H21KNO3-. The molecule has 2 N–H and O–H groups in total. The Morgan fingerprint density at radius 2 is 2.35 bits per heavy atom. The van der Waals surface area contributed by atoms with Gasteiger partial charge in [0.2, 0.25) is 0 Å². The molecule has 2 rings (SSSR count). The summed E-state index contributed by atoms with van der Waals surface area (Å²) in [7, 11) is 0. The molecule has 4 nitrogen and oxygen atoms in total. The Morgan fingerprint density at radius 1 is 1.65 bits per heavy atom. The van der Waals surface area contributed by atoms with E-state index in [1.807, 2.05) is 13.2 Å². The molecular weight excluding hydrogens is 281 g/mol. The van der Waals surface area contributed by atoms with Gasteiger partial charge < -0.3 is 15.3 Å². The molecule has 1 aliphatic heterocycles. The number of rotatable bonds is 5. The summed E-state index contributed by atoms with van der Waals surface area (Å²) < 4.78 is 5.25. The molecule has 0 aromatic heterocycles. The Kier molecular flexibility index (Phi) is 6.95. The van der Waals surface area contributed by atoms with Crippen LogP contribution < -0.4 is 57.1 Å². The van der Waals surface area contributed by atoms with Crippen molar-refractivity contribution < 1.29 is 65.7 Å². The van der Waals surface area contributed by atoms with E-state index in [9.17, 15) is 9.59 Å². The molecule has 5 heteroatoms. The van der Waals surface area contributed by atoms with Gasteiger partial charge in [-0.2, -0.15) is 0 Å². The van der Waals surface area contributed by atoms with E-state index >= 15 is 0 Å². The molecule has 4 atom stereocenters. The van der Waals surface area contributed by atoms with Crippen LogP contribution in [-0.4, -0.2) is 23.9 Å². The third-order valence-electron chi connectivity index (χ3n) is 4.36. The van der Waals surface area contributed by atoms with Crippen LogP contribution in [0.2, 0.25) is 0 Å². The second-order valence-corrected chi connectivity index (χ2v) is 5.54. The zero-order chi connectivity index (χ0) is 14.0. The molecule has 0 radical (unpaired) electrons. The first kappa shape index (κ1) is 18.4. The van der Waals surface area contributed by atoms with Crippen molar-refractivity contribution in [3.05, 3.63) is 18.1 Å². The molecule has 0 amide bonds. The van der Waals surface area contributed by atoms with E-state index in [2.05, 4.69) is 12.2 Å². The van der Waals surface area contributed by atoms with Gasteiger partial charge in [-0.1, -0.05) is 38.5 Å². The fourth-order valence-corrected chi connectivity index (χ4v) is 3.12. The maximum Gasteiger partial charge on any atom is 1.00 e. The Morgan fingerprint density at radius 3 is 2.80 bits per heavy atom. The number of hydrogen-bond donors (Lipinski definition) is 1. The van der Waals surface area contributed by atoms with E-state index in [0.29, 0.717) is 12.3 Å². The van der Waals surface area contributed by atoms with Crippen LogP contribution in [0.3, 0.4) is 0 Å². The van der Waals surface area contributed by atoms with Gasteiger partial charge in [-0.15, -0.1) is 5.92 Å². The Labute approximate surface area is 163 Å². The van der Waals surface area contributed by atoms with E-state index < -0.39 is 11.5 Å². The van der Waals surface area contributed by atoms with Crippen LogP contribution in [0, 0.1) is 17.8 Å². The number of ether oxygens (including phenoxy) is 1. The van der Waals surface area contributed by atoms with Crippen LogP contribution in [0.1, 0.15) is 39.5 Å². The summed E-state index contributed by atoms with van der Waals surface area (Å²) in [6, 6.07) is -0.356. The molecule has 106 valence electrons. The van der Waals surface area contributed by atoms with Crippen molar-refractivity contribution in [1.82, 2.24) is 0 Å². The summed E-state index contributed by atoms with van der Waals surface area (Å²) in [4.78, 5) is 22.8. The van der Waals surface area contributed by atoms with E-state index in [0.717, 1.165) is 19.3 Å². The number of cyclic esters (lactones) is 1. The Balaban J connectivity index is 0.00000200. The molecule has 0 aromatic rings. The first-order valence-electron chi connectivity index (χ1n) is 6.95. The fourth-order valence-electron chi connectivity index (χ4n) is 3.12. The molecule has 2 aliphatic rings. The SMILES string of the molecule is CCC([C-]=O)C1(C)OC(=O)[C-]1C(N)C1C=CCCC1.[K+]. The number of esters is 1. The molecule has 0 bridgehead atoms. The smallest absolute Gasteiger partial charge is 0.541 e. The third-order valence-corrected chi connectivity index (χ3v) is 4.36. The number of allylic oxidation sites excluding steroid dienone is 1. The zero-order valence-corrected chi connectivity index (χ0v) is 15.6. The van der Waals surface area contributed by atoms with E-state index in [4.69, 9.17) is 10.5 Å². The minimum atomic E-state index is -0.863. The first-order valence-corrected chi connectivity index (χ1v) is 6.95. The average Bonchev–Trinajstić information content (AvgIpc) is 2.40. The fraction of sp³-hybridized carbons (Fsp3) is 0.667. The standard InChI is InChI=1S/C15H21NO3.K/c1-3-11(9-17)15(2)12(14(18)19-15)13(16)10-7-5-4-6-8-10;/h5,7,10-11,13H,3-4,6,8,16H2,1-2H3;/q-2;+1. The number of nitrogens with two attached hydrogens (primary N) is 1. The first-order chi connectivity index (χ1) is 9.04. The van der Waals surface area contributed by atoms with Crippen LogP contribution in [0.5, 0.6) is 0 Å². The van der Waals surface area contributed by atoms with Crippen molar-refractivity contribution in [2.45, 2.75) is 51.2 Å². The van der Waals surface area contributed by atoms with Crippen LogP contribution in [0.4, 0.5) is 0 Å². The largest absolute Gasteiger partial charge is 1.00 e. The summed E-state index contributed by atoms with van der Waals surface area (Å²) in [5.74, 6) is -0.0687. The molecule has 1 fully saturated rings. The van der Waals surface area contributed by atoms with Gasteiger partial charge in [0.25, 0.3) is 0 Å². The zero-order valence-electron chi connectivity index (χ0n) is 12.5. The normalized spacial score (nSPS) is 31.6. The number of carbonyl (C=O) groups excluding carboxylic acids is 2. The molecule has 4 unspecified atom stereocenters. The van der Waals surface area contributed by atoms with Crippen molar-refractivity contribution >= 4 is 12.3 Å². The third kappa shape index (κ3) is 3.23. The van der Waals surface area contributed by atoms with Gasteiger partial charge in [-0.05, 0) is 30.8 Å².